The van der Waals surface area contributed by atoms with Gasteiger partial charge in [-0.15, -0.1) is 0 Å². The van der Waals surface area contributed by atoms with Gasteiger partial charge in [-0.3, -0.25) is 33.2 Å². The van der Waals surface area contributed by atoms with Crippen molar-refractivity contribution in [2.24, 2.45) is 0 Å². The molecule has 0 radical (unpaired) electrons. The lowest BCUT2D eigenvalue weighted by Gasteiger charge is -2.25. The van der Waals surface area contributed by atoms with Crippen molar-refractivity contribution < 1.29 is 43.1 Å². The van der Waals surface area contributed by atoms with E-state index in [9.17, 15) is 39.4 Å². The van der Waals surface area contributed by atoms with E-state index in [1.165, 1.54) is 0 Å². The Balaban J connectivity index is 1.43. The molecule has 4 heterocycles. The molecule has 0 aliphatic carbocycles. The Labute approximate surface area is 209 Å². The van der Waals surface area contributed by atoms with E-state index in [2.05, 4.69) is 0 Å². The molecule has 2 aliphatic heterocycles. The zero-order chi connectivity index (χ0) is 27.1. The van der Waals surface area contributed by atoms with Crippen molar-refractivity contribution in [1.29, 1.82) is 0 Å². The quantitative estimate of drug-likeness (QED) is 0.171. The Morgan fingerprint density at radius 1 is 0.973 bits per heavy atom. The van der Waals surface area contributed by atoms with Crippen molar-refractivity contribution in [2.45, 2.75) is 49.1 Å². The molecular weight excluding hydrogens is 546 g/mol. The largest absolute Gasteiger partial charge is 0.394 e. The first kappa shape index (κ1) is 27.6. The highest BCUT2D eigenvalue weighted by Crippen LogP contribution is 2.49. The summed E-state index contributed by atoms with van der Waals surface area (Å²) in [6, 6.07) is 1.95. The van der Waals surface area contributed by atoms with Gasteiger partial charge in [0.15, 0.2) is 18.6 Å². The van der Waals surface area contributed by atoms with Gasteiger partial charge in [0, 0.05) is 24.5 Å². The molecule has 2 saturated heterocycles. The SMILES string of the molecule is O=c1ccn([C@@H]2O[C@H](COP(O)(=S)OC3[C@@H](CO)O[C@@H](n4ccc(=O)[nH]c4=O)[C@H]3F)C(O)[C@@H]2O)c(=O)[nH]1. The van der Waals surface area contributed by atoms with Gasteiger partial charge in [0.1, 0.15) is 30.5 Å². The normalized spacial score (nSPS) is 33.4. The topological polar surface area (TPSA) is 228 Å². The summed E-state index contributed by atoms with van der Waals surface area (Å²) in [4.78, 5) is 60.9. The standard InChI is InChI=1S/C18H22FN4O12PS/c19-11-14(7(5-24)33-15(11)22-3-1-9(25)20-17(22)29)35-36(31,37)32-6-8-12(27)13(28)16(34-8)23-4-2-10(26)21-18(23)30/h1-4,7-8,11-16,24,27-28H,5-6H2,(H,31,37)(H,20,25,29)(H,21,26,30)/t7-,8-,11+,12?,13+,14?,15-,16-,36?/m1/s1. The second-order valence-electron chi connectivity index (χ2n) is 8.11. The lowest BCUT2D eigenvalue weighted by molar-refractivity contribution is -0.0579. The Kier molecular flexibility index (Phi) is 8.05. The fraction of sp³-hybridized carbons (Fsp3) is 0.556. The number of halogens is 1. The molecular formula is C18H22FN4O12PS. The molecule has 4 rings (SSSR count). The number of aliphatic hydroxyl groups is 3. The number of H-pyrrole nitrogens is 2. The molecule has 2 aromatic rings. The van der Waals surface area contributed by atoms with Crippen LogP contribution in [0.4, 0.5) is 4.39 Å². The first-order valence-electron chi connectivity index (χ1n) is 10.6. The Morgan fingerprint density at radius 3 is 2.05 bits per heavy atom. The van der Waals surface area contributed by atoms with Crippen molar-refractivity contribution in [2.75, 3.05) is 13.2 Å². The van der Waals surface area contributed by atoms with Crippen LogP contribution in [0.5, 0.6) is 0 Å². The van der Waals surface area contributed by atoms with Gasteiger partial charge in [-0.05, 0) is 11.8 Å². The summed E-state index contributed by atoms with van der Waals surface area (Å²) in [7, 11) is 0. The minimum Gasteiger partial charge on any atom is -0.394 e. The van der Waals surface area contributed by atoms with Gasteiger partial charge in [-0.1, -0.05) is 0 Å². The summed E-state index contributed by atoms with van der Waals surface area (Å²) in [5, 5.41) is 30.1. The van der Waals surface area contributed by atoms with E-state index in [-0.39, 0.29) is 0 Å². The number of rotatable bonds is 8. The number of nitrogens with one attached hydrogen (secondary N) is 2. The Bertz CT molecular complexity index is 1410. The van der Waals surface area contributed by atoms with E-state index in [0.29, 0.717) is 0 Å². The fourth-order valence-electron chi connectivity index (χ4n) is 3.89. The second-order valence-corrected chi connectivity index (χ2v) is 10.9. The monoisotopic (exact) mass is 568 g/mol. The molecule has 2 aliphatic rings. The summed E-state index contributed by atoms with van der Waals surface area (Å²) < 4.78 is 37.9. The van der Waals surface area contributed by atoms with E-state index in [4.69, 9.17) is 30.3 Å². The number of alkyl halides is 1. The Hall–Kier alpha value is -2.38. The lowest BCUT2D eigenvalue weighted by Crippen LogP contribution is -2.37. The number of hydrogen-bond acceptors (Lipinski definition) is 12. The van der Waals surface area contributed by atoms with Crippen LogP contribution in [0, 0.1) is 0 Å². The van der Waals surface area contributed by atoms with Crippen LogP contribution < -0.4 is 22.5 Å². The molecule has 2 aromatic heterocycles. The molecule has 0 spiro atoms. The van der Waals surface area contributed by atoms with Crippen LogP contribution >= 0.6 is 6.72 Å². The number of nitrogens with zero attached hydrogens (tertiary/aromatic N) is 2. The molecule has 19 heteroatoms. The van der Waals surface area contributed by atoms with Gasteiger partial charge in [-0.2, -0.15) is 0 Å². The summed E-state index contributed by atoms with van der Waals surface area (Å²) in [5.74, 6) is 0. The van der Waals surface area contributed by atoms with Crippen molar-refractivity contribution >= 4 is 18.5 Å². The van der Waals surface area contributed by atoms with E-state index in [1.54, 1.807) is 0 Å². The molecule has 0 aromatic carbocycles. The fourth-order valence-corrected chi connectivity index (χ4v) is 5.33. The van der Waals surface area contributed by atoms with Crippen molar-refractivity contribution in [3.8, 4) is 0 Å². The number of ether oxygens (including phenoxy) is 2. The molecule has 0 amide bonds. The van der Waals surface area contributed by atoms with Gasteiger partial charge in [0.2, 0.25) is 0 Å². The summed E-state index contributed by atoms with van der Waals surface area (Å²) in [6.45, 7) is -5.76. The second kappa shape index (κ2) is 10.8. The predicted octanol–water partition coefficient (Wildman–Crippen LogP) is -3.45. The first-order chi connectivity index (χ1) is 17.4. The number of aromatic nitrogens is 4. The van der Waals surface area contributed by atoms with Crippen LogP contribution in [0.1, 0.15) is 12.5 Å². The zero-order valence-electron chi connectivity index (χ0n) is 18.5. The van der Waals surface area contributed by atoms with Crippen molar-refractivity contribution in [1.82, 2.24) is 19.1 Å². The molecule has 9 atom stereocenters. The number of aliphatic hydroxyl groups excluding tert-OH is 3. The van der Waals surface area contributed by atoms with Gasteiger partial charge in [-0.25, -0.2) is 14.0 Å². The van der Waals surface area contributed by atoms with Gasteiger partial charge in [0.05, 0.1) is 13.2 Å². The van der Waals surface area contributed by atoms with Gasteiger partial charge >= 0.3 is 18.1 Å². The molecule has 16 nitrogen and oxygen atoms in total. The van der Waals surface area contributed by atoms with Crippen molar-refractivity contribution in [3.05, 3.63) is 66.2 Å². The maximum Gasteiger partial charge on any atom is 0.330 e. The number of aromatic amines is 2. The highest BCUT2D eigenvalue weighted by Gasteiger charge is 2.50. The predicted molar refractivity (Wildman–Crippen MR) is 122 cm³/mol. The first-order valence-corrected chi connectivity index (χ1v) is 13.2. The molecule has 37 heavy (non-hydrogen) atoms. The van der Waals surface area contributed by atoms with Crippen LogP contribution in [0.3, 0.4) is 0 Å². The smallest absolute Gasteiger partial charge is 0.330 e. The minimum atomic E-state index is -4.31. The Morgan fingerprint density at radius 2 is 1.51 bits per heavy atom. The van der Waals surface area contributed by atoms with Crippen molar-refractivity contribution in [3.63, 3.8) is 0 Å². The van der Waals surface area contributed by atoms with E-state index < -0.39 is 91.6 Å². The van der Waals surface area contributed by atoms with Crippen LogP contribution in [0.15, 0.2) is 43.7 Å². The van der Waals surface area contributed by atoms with Gasteiger partial charge in [0.25, 0.3) is 11.1 Å². The van der Waals surface area contributed by atoms with E-state index in [1.807, 2.05) is 9.97 Å². The third kappa shape index (κ3) is 5.73. The van der Waals surface area contributed by atoms with Crippen LogP contribution in [0.2, 0.25) is 0 Å². The lowest BCUT2D eigenvalue weighted by atomic mass is 10.1. The average molecular weight is 568 g/mol. The maximum absolute atomic E-state index is 15.2. The molecule has 0 saturated carbocycles. The van der Waals surface area contributed by atoms with E-state index >= 15 is 4.39 Å². The molecule has 3 unspecified atom stereocenters. The summed E-state index contributed by atoms with van der Waals surface area (Å²) >= 11 is 4.90. The molecule has 6 N–H and O–H groups in total. The maximum atomic E-state index is 15.2. The summed E-state index contributed by atoms with van der Waals surface area (Å²) in [6.07, 6.45) is -10.8. The molecule has 204 valence electrons. The van der Waals surface area contributed by atoms with E-state index in [0.717, 1.165) is 33.7 Å². The third-order valence-corrected chi connectivity index (χ3v) is 7.25. The zero-order valence-corrected chi connectivity index (χ0v) is 20.2. The minimum absolute atomic E-state index is 0.669. The van der Waals surface area contributed by atoms with Crippen LogP contribution in [-0.4, -0.2) is 89.2 Å². The summed E-state index contributed by atoms with van der Waals surface area (Å²) in [5.41, 5.74) is -3.32. The highest BCUT2D eigenvalue weighted by molar-refractivity contribution is 8.07. The third-order valence-electron chi connectivity index (χ3n) is 5.69. The van der Waals surface area contributed by atoms with Gasteiger partial charge < -0.3 is 34.2 Å². The molecule has 2 fully saturated rings. The average Bonchev–Trinajstić information content (AvgIpc) is 3.28. The van der Waals surface area contributed by atoms with Crippen LogP contribution in [0.25, 0.3) is 0 Å². The number of hydrogen-bond donors (Lipinski definition) is 6. The highest BCUT2D eigenvalue weighted by atomic mass is 32.5. The molecule has 0 bridgehead atoms. The van der Waals surface area contributed by atoms with Crippen LogP contribution in [-0.2, 0) is 30.3 Å².